The Bertz CT molecular complexity index is 1200. The van der Waals surface area contributed by atoms with Gasteiger partial charge in [0.25, 0.3) is 0 Å². The fraction of sp³-hybridized carbons (Fsp3) is 0.263. The number of hydrogen-bond donors (Lipinski definition) is 2. The topological polar surface area (TPSA) is 130 Å². The number of aromatic nitrogens is 7. The van der Waals surface area contributed by atoms with Gasteiger partial charge < -0.3 is 10.4 Å². The summed E-state index contributed by atoms with van der Waals surface area (Å²) < 4.78 is 3.26. The van der Waals surface area contributed by atoms with Crippen molar-refractivity contribution < 1.29 is 5.11 Å². The standard InChI is InChI=1S/C19H19N9O/c1-12(2)24-16-6-18(21-10-17(16)27-11-15(3-4-29)25-26-27)28-19-14(9-23-28)5-13(7-20)8-22-19/h5-6,8-12,29H,3-4H2,1-2H3,(H,21,24). The van der Waals surface area contributed by atoms with E-state index in [2.05, 4.69) is 36.8 Å². The Morgan fingerprint density at radius 1 is 1.21 bits per heavy atom. The quantitative estimate of drug-likeness (QED) is 0.509. The molecule has 10 nitrogen and oxygen atoms in total. The summed E-state index contributed by atoms with van der Waals surface area (Å²) in [5, 5.41) is 34.9. The van der Waals surface area contributed by atoms with Gasteiger partial charge in [-0.15, -0.1) is 5.10 Å². The number of aliphatic hydroxyl groups is 1. The highest BCUT2D eigenvalue weighted by molar-refractivity contribution is 5.77. The maximum Gasteiger partial charge on any atom is 0.164 e. The van der Waals surface area contributed by atoms with Crippen molar-refractivity contribution >= 4 is 16.7 Å². The number of anilines is 1. The van der Waals surface area contributed by atoms with E-state index in [0.717, 1.165) is 16.8 Å². The van der Waals surface area contributed by atoms with Gasteiger partial charge in [0.05, 0.1) is 35.5 Å². The minimum Gasteiger partial charge on any atom is -0.396 e. The molecule has 2 N–H and O–H groups in total. The highest BCUT2D eigenvalue weighted by Crippen LogP contribution is 2.24. The predicted octanol–water partition coefficient (Wildman–Crippen LogP) is 1.62. The summed E-state index contributed by atoms with van der Waals surface area (Å²) in [5.74, 6) is 0.583. The van der Waals surface area contributed by atoms with Crippen molar-refractivity contribution in [3.05, 3.63) is 48.2 Å². The third-order valence-electron chi connectivity index (χ3n) is 4.22. The monoisotopic (exact) mass is 389 g/mol. The van der Waals surface area contributed by atoms with Crippen LogP contribution in [0.15, 0.2) is 36.9 Å². The number of fused-ring (bicyclic) bond motifs is 1. The molecule has 4 aromatic heterocycles. The van der Waals surface area contributed by atoms with Crippen LogP contribution >= 0.6 is 0 Å². The third-order valence-corrected chi connectivity index (χ3v) is 4.22. The SMILES string of the molecule is CC(C)Nc1cc(-n2ncc3cc(C#N)cnc32)ncc1-n1cc(CCO)nn1. The first-order chi connectivity index (χ1) is 14.1. The number of nitrogens with zero attached hydrogens (tertiary/aromatic N) is 8. The van der Waals surface area contributed by atoms with Crippen LogP contribution in [0.1, 0.15) is 25.1 Å². The van der Waals surface area contributed by atoms with Crippen molar-refractivity contribution in [3.63, 3.8) is 0 Å². The van der Waals surface area contributed by atoms with Crippen LogP contribution < -0.4 is 5.32 Å². The molecule has 0 aromatic carbocycles. The fourth-order valence-electron chi connectivity index (χ4n) is 2.96. The number of nitrogens with one attached hydrogen (secondary N) is 1. The molecule has 0 saturated carbocycles. The normalized spacial score (nSPS) is 11.1. The fourth-order valence-corrected chi connectivity index (χ4v) is 2.96. The van der Waals surface area contributed by atoms with Crippen LogP contribution in [-0.2, 0) is 6.42 Å². The summed E-state index contributed by atoms with van der Waals surface area (Å²) in [6.07, 6.45) is 7.07. The summed E-state index contributed by atoms with van der Waals surface area (Å²) >= 11 is 0. The average molecular weight is 389 g/mol. The van der Waals surface area contributed by atoms with Crippen molar-refractivity contribution in [1.82, 2.24) is 34.7 Å². The maximum atomic E-state index is 9.10. The van der Waals surface area contributed by atoms with Gasteiger partial charge in [-0.3, -0.25) is 0 Å². The molecule has 10 heteroatoms. The molecule has 0 aliphatic rings. The second-order valence-corrected chi connectivity index (χ2v) is 6.79. The molecule has 0 spiro atoms. The van der Waals surface area contributed by atoms with Gasteiger partial charge in [0.1, 0.15) is 11.8 Å². The Hall–Kier alpha value is -3.84. The molecule has 4 aromatic rings. The number of pyridine rings is 2. The van der Waals surface area contributed by atoms with Gasteiger partial charge in [0.15, 0.2) is 11.5 Å². The molecular formula is C19H19N9O. The predicted molar refractivity (Wildman–Crippen MR) is 106 cm³/mol. The smallest absolute Gasteiger partial charge is 0.164 e. The Morgan fingerprint density at radius 3 is 2.83 bits per heavy atom. The van der Waals surface area contributed by atoms with E-state index in [-0.39, 0.29) is 12.6 Å². The van der Waals surface area contributed by atoms with E-state index >= 15 is 0 Å². The molecule has 4 rings (SSSR count). The van der Waals surface area contributed by atoms with Gasteiger partial charge in [-0.2, -0.15) is 15.0 Å². The Kier molecular flexibility index (Phi) is 4.88. The minimum atomic E-state index is 0.0138. The second-order valence-electron chi connectivity index (χ2n) is 6.79. The first-order valence-electron chi connectivity index (χ1n) is 9.12. The zero-order valence-electron chi connectivity index (χ0n) is 16.0. The summed E-state index contributed by atoms with van der Waals surface area (Å²) in [5.41, 5.74) is 3.33. The van der Waals surface area contributed by atoms with Crippen LogP contribution in [-0.4, -0.2) is 52.5 Å². The van der Waals surface area contributed by atoms with Gasteiger partial charge >= 0.3 is 0 Å². The van der Waals surface area contributed by atoms with Crippen LogP contribution in [0.2, 0.25) is 0 Å². The van der Waals surface area contributed by atoms with E-state index in [0.29, 0.717) is 29.1 Å². The number of hydrogen-bond acceptors (Lipinski definition) is 8. The van der Waals surface area contributed by atoms with Crippen LogP contribution in [0.4, 0.5) is 5.69 Å². The first kappa shape index (κ1) is 18.5. The van der Waals surface area contributed by atoms with Crippen LogP contribution in [0.5, 0.6) is 0 Å². The molecular weight excluding hydrogens is 370 g/mol. The number of rotatable bonds is 6. The van der Waals surface area contributed by atoms with Crippen LogP contribution in [0, 0.1) is 11.3 Å². The third kappa shape index (κ3) is 3.63. The zero-order valence-corrected chi connectivity index (χ0v) is 16.0. The number of aliphatic hydroxyl groups excluding tert-OH is 1. The molecule has 0 atom stereocenters. The van der Waals surface area contributed by atoms with Crippen molar-refractivity contribution in [1.29, 1.82) is 5.26 Å². The molecule has 0 bridgehead atoms. The largest absolute Gasteiger partial charge is 0.396 e. The van der Waals surface area contributed by atoms with E-state index in [1.54, 1.807) is 34.0 Å². The van der Waals surface area contributed by atoms with Crippen LogP contribution in [0.25, 0.3) is 22.5 Å². The highest BCUT2D eigenvalue weighted by atomic mass is 16.3. The molecule has 0 amide bonds. The molecule has 0 fully saturated rings. The lowest BCUT2D eigenvalue weighted by Gasteiger charge is -2.15. The average Bonchev–Trinajstić information content (AvgIpc) is 3.34. The zero-order chi connectivity index (χ0) is 20.4. The van der Waals surface area contributed by atoms with E-state index in [1.807, 2.05) is 19.9 Å². The molecule has 0 saturated heterocycles. The lowest BCUT2D eigenvalue weighted by molar-refractivity contribution is 0.298. The van der Waals surface area contributed by atoms with Crippen molar-refractivity contribution in [2.75, 3.05) is 11.9 Å². The summed E-state index contributed by atoms with van der Waals surface area (Å²) in [6, 6.07) is 5.87. The molecule has 0 aliphatic heterocycles. The van der Waals surface area contributed by atoms with Gasteiger partial charge in [0, 0.05) is 36.7 Å². The highest BCUT2D eigenvalue weighted by Gasteiger charge is 2.14. The Labute approximate surface area is 166 Å². The summed E-state index contributed by atoms with van der Waals surface area (Å²) in [6.45, 7) is 4.09. The lowest BCUT2D eigenvalue weighted by atomic mass is 10.2. The molecule has 146 valence electrons. The molecule has 0 unspecified atom stereocenters. The molecule has 4 heterocycles. The molecule has 29 heavy (non-hydrogen) atoms. The summed E-state index contributed by atoms with van der Waals surface area (Å²) in [7, 11) is 0. The Balaban J connectivity index is 1.79. The van der Waals surface area contributed by atoms with E-state index in [4.69, 9.17) is 10.4 Å². The first-order valence-corrected chi connectivity index (χ1v) is 9.12. The van der Waals surface area contributed by atoms with Crippen molar-refractivity contribution in [2.45, 2.75) is 26.3 Å². The minimum absolute atomic E-state index is 0.0138. The van der Waals surface area contributed by atoms with E-state index in [1.165, 1.54) is 6.20 Å². The maximum absolute atomic E-state index is 9.10. The van der Waals surface area contributed by atoms with Gasteiger partial charge in [-0.05, 0) is 19.9 Å². The second kappa shape index (κ2) is 7.65. The van der Waals surface area contributed by atoms with Crippen LogP contribution in [0.3, 0.4) is 0 Å². The van der Waals surface area contributed by atoms with Gasteiger partial charge in [-0.1, -0.05) is 5.21 Å². The number of nitriles is 1. The van der Waals surface area contributed by atoms with Gasteiger partial charge in [0.2, 0.25) is 0 Å². The van der Waals surface area contributed by atoms with Gasteiger partial charge in [-0.25, -0.2) is 14.6 Å². The van der Waals surface area contributed by atoms with E-state index in [9.17, 15) is 0 Å². The van der Waals surface area contributed by atoms with Crippen molar-refractivity contribution in [3.8, 4) is 17.6 Å². The molecule has 0 aliphatic carbocycles. The Morgan fingerprint density at radius 2 is 2.07 bits per heavy atom. The molecule has 0 radical (unpaired) electrons. The lowest BCUT2D eigenvalue weighted by Crippen LogP contribution is -2.14. The summed E-state index contributed by atoms with van der Waals surface area (Å²) in [4.78, 5) is 8.88. The van der Waals surface area contributed by atoms with E-state index < -0.39 is 0 Å². The van der Waals surface area contributed by atoms with Crippen molar-refractivity contribution in [2.24, 2.45) is 0 Å².